The molecule has 1 aliphatic heterocycles. The molecular weight excluding hydrogens is 338 g/mol. The Morgan fingerprint density at radius 1 is 1.36 bits per heavy atom. The summed E-state index contributed by atoms with van der Waals surface area (Å²) >= 11 is 1.70. The first kappa shape index (κ1) is 20.0. The molecule has 7 heteroatoms. The molecule has 25 heavy (non-hydrogen) atoms. The van der Waals surface area contributed by atoms with Crippen LogP contribution in [0.3, 0.4) is 0 Å². The number of methoxy groups -OCH3 is 1. The Hall–Kier alpha value is -1.28. The zero-order valence-corrected chi connectivity index (χ0v) is 15.9. The first-order valence-electron chi connectivity index (χ1n) is 8.63. The second-order valence-electron chi connectivity index (χ2n) is 6.07. The van der Waals surface area contributed by atoms with Crippen molar-refractivity contribution in [1.82, 2.24) is 10.2 Å². The third-order valence-electron chi connectivity index (χ3n) is 4.43. The third-order valence-corrected chi connectivity index (χ3v) is 5.07. The highest BCUT2D eigenvalue weighted by molar-refractivity contribution is 7.98. The summed E-state index contributed by atoms with van der Waals surface area (Å²) < 4.78 is 10.7. The van der Waals surface area contributed by atoms with Gasteiger partial charge in [-0.1, -0.05) is 12.1 Å². The maximum Gasteiger partial charge on any atom is 0.237 e. The van der Waals surface area contributed by atoms with Gasteiger partial charge in [0.05, 0.1) is 32.4 Å². The van der Waals surface area contributed by atoms with Crippen LogP contribution in [-0.2, 0) is 9.53 Å². The first-order valence-corrected chi connectivity index (χ1v) is 10.0. The van der Waals surface area contributed by atoms with Gasteiger partial charge in [-0.05, 0) is 36.1 Å². The van der Waals surface area contributed by atoms with Crippen LogP contribution in [0.2, 0.25) is 0 Å². The molecule has 0 aromatic heterocycles. The van der Waals surface area contributed by atoms with Gasteiger partial charge in [-0.2, -0.15) is 11.8 Å². The molecule has 0 aliphatic carbocycles. The number of thioether (sulfide) groups is 1. The SMILES string of the molecule is COc1ccc(C(CNC(=O)C(N)CCSC)N2CCOCC2)cc1. The van der Waals surface area contributed by atoms with Gasteiger partial charge in [0.1, 0.15) is 5.75 Å². The first-order chi connectivity index (χ1) is 12.2. The lowest BCUT2D eigenvalue weighted by Crippen LogP contribution is -2.47. The summed E-state index contributed by atoms with van der Waals surface area (Å²) in [5.41, 5.74) is 7.12. The van der Waals surface area contributed by atoms with E-state index < -0.39 is 6.04 Å². The van der Waals surface area contributed by atoms with Crippen molar-refractivity contribution in [3.63, 3.8) is 0 Å². The summed E-state index contributed by atoms with van der Waals surface area (Å²) in [7, 11) is 1.66. The summed E-state index contributed by atoms with van der Waals surface area (Å²) in [4.78, 5) is 14.6. The molecular formula is C18H29N3O3S. The summed E-state index contributed by atoms with van der Waals surface area (Å²) in [5, 5.41) is 3.03. The maximum absolute atomic E-state index is 12.3. The van der Waals surface area contributed by atoms with E-state index in [1.54, 1.807) is 18.9 Å². The number of nitrogens with two attached hydrogens (primary N) is 1. The lowest BCUT2D eigenvalue weighted by atomic mass is 10.0. The predicted octanol–water partition coefficient (Wildman–Crippen LogP) is 1.27. The van der Waals surface area contributed by atoms with Gasteiger partial charge in [-0.3, -0.25) is 9.69 Å². The molecule has 2 rings (SSSR count). The number of morpholine rings is 1. The van der Waals surface area contributed by atoms with Crippen molar-refractivity contribution in [2.24, 2.45) is 5.73 Å². The molecule has 0 radical (unpaired) electrons. The highest BCUT2D eigenvalue weighted by Crippen LogP contribution is 2.23. The third kappa shape index (κ3) is 6.18. The molecule has 1 heterocycles. The number of amides is 1. The van der Waals surface area contributed by atoms with Gasteiger partial charge in [0.15, 0.2) is 0 Å². The minimum absolute atomic E-state index is 0.0826. The van der Waals surface area contributed by atoms with E-state index in [2.05, 4.69) is 22.3 Å². The molecule has 1 aromatic rings. The zero-order chi connectivity index (χ0) is 18.1. The Labute approximate surface area is 154 Å². The number of ether oxygens (including phenoxy) is 2. The van der Waals surface area contributed by atoms with Crippen molar-refractivity contribution in [2.45, 2.75) is 18.5 Å². The zero-order valence-electron chi connectivity index (χ0n) is 15.1. The van der Waals surface area contributed by atoms with Crippen LogP contribution in [-0.4, -0.2) is 68.8 Å². The molecule has 140 valence electrons. The highest BCUT2D eigenvalue weighted by Gasteiger charge is 2.24. The second-order valence-corrected chi connectivity index (χ2v) is 7.06. The minimum Gasteiger partial charge on any atom is -0.497 e. The van der Waals surface area contributed by atoms with Crippen molar-refractivity contribution >= 4 is 17.7 Å². The maximum atomic E-state index is 12.3. The Balaban J connectivity index is 2.02. The van der Waals surface area contributed by atoms with Gasteiger partial charge < -0.3 is 20.5 Å². The van der Waals surface area contributed by atoms with Gasteiger partial charge in [0, 0.05) is 19.6 Å². The molecule has 1 saturated heterocycles. The number of nitrogens with one attached hydrogen (secondary N) is 1. The number of rotatable bonds is 9. The van der Waals surface area contributed by atoms with E-state index in [0.29, 0.717) is 26.2 Å². The van der Waals surface area contributed by atoms with Gasteiger partial charge >= 0.3 is 0 Å². The fraction of sp³-hybridized carbons (Fsp3) is 0.611. The number of carbonyl (C=O) groups excluding carboxylic acids is 1. The van der Waals surface area contributed by atoms with Crippen molar-refractivity contribution in [3.8, 4) is 5.75 Å². The van der Waals surface area contributed by atoms with Crippen LogP contribution in [0.1, 0.15) is 18.0 Å². The van der Waals surface area contributed by atoms with Gasteiger partial charge in [-0.25, -0.2) is 0 Å². The summed E-state index contributed by atoms with van der Waals surface area (Å²) in [5.74, 6) is 1.63. The summed E-state index contributed by atoms with van der Waals surface area (Å²) in [6, 6.07) is 7.67. The van der Waals surface area contributed by atoms with Crippen LogP contribution in [0, 0.1) is 0 Å². The number of nitrogens with zero attached hydrogens (tertiary/aromatic N) is 1. The molecule has 6 nitrogen and oxygen atoms in total. The van der Waals surface area contributed by atoms with Crippen molar-refractivity contribution in [2.75, 3.05) is 52.0 Å². The van der Waals surface area contributed by atoms with E-state index in [-0.39, 0.29) is 11.9 Å². The highest BCUT2D eigenvalue weighted by atomic mass is 32.2. The monoisotopic (exact) mass is 367 g/mol. The molecule has 2 atom stereocenters. The summed E-state index contributed by atoms with van der Waals surface area (Å²) in [6.45, 7) is 3.68. The molecule has 0 spiro atoms. The van der Waals surface area contributed by atoms with E-state index in [0.717, 1.165) is 30.2 Å². The van der Waals surface area contributed by atoms with Crippen LogP contribution in [0.5, 0.6) is 5.75 Å². The molecule has 1 amide bonds. The van der Waals surface area contributed by atoms with Gasteiger partial charge in [0.2, 0.25) is 5.91 Å². The predicted molar refractivity (Wildman–Crippen MR) is 102 cm³/mol. The fourth-order valence-electron chi connectivity index (χ4n) is 2.88. The minimum atomic E-state index is -0.450. The van der Waals surface area contributed by atoms with E-state index in [1.165, 1.54) is 0 Å². The van der Waals surface area contributed by atoms with E-state index in [4.69, 9.17) is 15.2 Å². The lowest BCUT2D eigenvalue weighted by Gasteiger charge is -2.35. The number of hydrogen-bond acceptors (Lipinski definition) is 6. The second kappa shape index (κ2) is 10.7. The standard InChI is InChI=1S/C18H29N3O3S/c1-23-15-5-3-14(4-6-15)17(21-8-10-24-11-9-21)13-20-18(22)16(19)7-12-25-2/h3-6,16-17H,7-13,19H2,1-2H3,(H,20,22). The van der Waals surface area contributed by atoms with Crippen LogP contribution < -0.4 is 15.8 Å². The normalized spacial score (nSPS) is 17.7. The Morgan fingerprint density at radius 3 is 2.64 bits per heavy atom. The Kier molecular flexibility index (Phi) is 8.54. The molecule has 1 aromatic carbocycles. The van der Waals surface area contributed by atoms with Gasteiger partial charge in [-0.15, -0.1) is 0 Å². The van der Waals surface area contributed by atoms with Gasteiger partial charge in [0.25, 0.3) is 0 Å². The van der Waals surface area contributed by atoms with E-state index in [1.807, 2.05) is 18.4 Å². The topological polar surface area (TPSA) is 76.8 Å². The Morgan fingerprint density at radius 2 is 2.04 bits per heavy atom. The van der Waals surface area contributed by atoms with Crippen LogP contribution >= 0.6 is 11.8 Å². The van der Waals surface area contributed by atoms with Crippen LogP contribution in [0.4, 0.5) is 0 Å². The summed E-state index contributed by atoms with van der Waals surface area (Å²) in [6.07, 6.45) is 2.71. The molecule has 0 bridgehead atoms. The smallest absolute Gasteiger partial charge is 0.237 e. The van der Waals surface area contributed by atoms with Crippen molar-refractivity contribution in [3.05, 3.63) is 29.8 Å². The number of hydrogen-bond donors (Lipinski definition) is 2. The van der Waals surface area contributed by atoms with Crippen LogP contribution in [0.15, 0.2) is 24.3 Å². The Bertz CT molecular complexity index is 521. The fourth-order valence-corrected chi connectivity index (χ4v) is 3.37. The molecule has 2 unspecified atom stereocenters. The number of benzene rings is 1. The van der Waals surface area contributed by atoms with Crippen LogP contribution in [0.25, 0.3) is 0 Å². The van der Waals surface area contributed by atoms with Crippen molar-refractivity contribution < 1.29 is 14.3 Å². The molecule has 3 N–H and O–H groups in total. The largest absolute Gasteiger partial charge is 0.497 e. The number of carbonyl (C=O) groups is 1. The average molecular weight is 368 g/mol. The average Bonchev–Trinajstić information content (AvgIpc) is 2.67. The lowest BCUT2D eigenvalue weighted by molar-refractivity contribution is -0.122. The molecule has 1 aliphatic rings. The van der Waals surface area contributed by atoms with E-state index >= 15 is 0 Å². The van der Waals surface area contributed by atoms with E-state index in [9.17, 15) is 4.79 Å². The van der Waals surface area contributed by atoms with Crippen molar-refractivity contribution in [1.29, 1.82) is 0 Å². The quantitative estimate of drug-likeness (QED) is 0.684. The molecule has 1 fully saturated rings. The molecule has 0 saturated carbocycles.